The molecule has 0 unspecified atom stereocenters. The van der Waals surface area contributed by atoms with Crippen molar-refractivity contribution in [2.45, 2.75) is 34.6 Å². The molecule has 0 aromatic heterocycles. The van der Waals surface area contributed by atoms with Crippen LogP contribution in [-0.4, -0.2) is 18.9 Å². The third-order valence-corrected chi connectivity index (χ3v) is 1.58. The molecule has 0 saturated heterocycles. The molecule has 3 nitrogen and oxygen atoms in total. The summed E-state index contributed by atoms with van der Waals surface area (Å²) in [5.74, 6) is -0.550. The zero-order chi connectivity index (χ0) is 11.0. The number of esters is 1. The predicted octanol–water partition coefficient (Wildman–Crippen LogP) is 2.11. The first kappa shape index (κ1) is 14.4. The van der Waals surface area contributed by atoms with Gasteiger partial charge in [-0.25, -0.2) is 4.79 Å². The molecular weight excluding hydrogens is 168 g/mol. The van der Waals surface area contributed by atoms with Gasteiger partial charge in [-0.1, -0.05) is 13.8 Å². The molecule has 0 heterocycles. The van der Waals surface area contributed by atoms with E-state index < -0.39 is 5.97 Å². The Labute approximate surface area is 79.8 Å². The van der Waals surface area contributed by atoms with Gasteiger partial charge in [-0.05, 0) is 20.8 Å². The molecule has 0 aliphatic heterocycles. The first-order chi connectivity index (χ1) is 6.00. The molecule has 0 spiro atoms. The number of carbonyl (C=O) groups is 2. The van der Waals surface area contributed by atoms with E-state index in [1.54, 1.807) is 13.8 Å². The molecule has 3 heteroatoms. The lowest BCUT2D eigenvalue weighted by atomic mass is 10.1. The van der Waals surface area contributed by atoms with Crippen molar-refractivity contribution in [1.29, 1.82) is 0 Å². The van der Waals surface area contributed by atoms with E-state index in [0.29, 0.717) is 11.1 Å². The van der Waals surface area contributed by atoms with Crippen molar-refractivity contribution >= 4 is 11.8 Å². The summed E-state index contributed by atoms with van der Waals surface area (Å²) in [5, 5.41) is 0. The van der Waals surface area contributed by atoms with Gasteiger partial charge < -0.3 is 4.74 Å². The lowest BCUT2D eigenvalue weighted by molar-refractivity contribution is -0.136. The number of hydrogen-bond acceptors (Lipinski definition) is 3. The molecule has 76 valence electrons. The Morgan fingerprint density at radius 3 is 1.54 bits per heavy atom. The number of Topliss-reactive ketones (excluding diaryl/α,β-unsaturated/α-hetero) is 1. The van der Waals surface area contributed by atoms with Gasteiger partial charge in [0.2, 0.25) is 0 Å². The van der Waals surface area contributed by atoms with Crippen molar-refractivity contribution in [1.82, 2.24) is 0 Å². The van der Waals surface area contributed by atoms with Crippen LogP contribution in [0.3, 0.4) is 0 Å². The van der Waals surface area contributed by atoms with Crippen LogP contribution in [0.25, 0.3) is 0 Å². The lowest BCUT2D eigenvalue weighted by Gasteiger charge is -2.01. The summed E-state index contributed by atoms with van der Waals surface area (Å²) < 4.78 is 4.43. The molecule has 0 radical (unpaired) electrons. The fourth-order valence-corrected chi connectivity index (χ4v) is 0.570. The van der Waals surface area contributed by atoms with E-state index in [2.05, 4.69) is 4.74 Å². The van der Waals surface area contributed by atoms with Gasteiger partial charge in [0, 0.05) is 11.1 Å². The van der Waals surface area contributed by atoms with Crippen LogP contribution < -0.4 is 0 Å². The van der Waals surface area contributed by atoms with E-state index in [0.717, 1.165) is 0 Å². The van der Waals surface area contributed by atoms with Crippen LogP contribution >= 0.6 is 0 Å². The van der Waals surface area contributed by atoms with E-state index in [1.807, 2.05) is 13.8 Å². The highest BCUT2D eigenvalue weighted by Crippen LogP contribution is 2.05. The van der Waals surface area contributed by atoms with Crippen LogP contribution in [0.1, 0.15) is 34.6 Å². The molecule has 0 saturated carbocycles. The van der Waals surface area contributed by atoms with Crippen LogP contribution in [0.4, 0.5) is 0 Å². The number of ketones is 1. The zero-order valence-electron chi connectivity index (χ0n) is 9.22. The minimum Gasteiger partial charge on any atom is -0.466 e. The average Bonchev–Trinajstić information content (AvgIpc) is 2.17. The summed E-state index contributed by atoms with van der Waals surface area (Å²) >= 11 is 0. The minimum atomic E-state index is -0.447. The highest BCUT2D eigenvalue weighted by Gasteiger charge is 2.09. The molecule has 13 heavy (non-hydrogen) atoms. The molecule has 0 amide bonds. The predicted molar refractivity (Wildman–Crippen MR) is 52.4 cm³/mol. The minimum absolute atomic E-state index is 0.104. The molecule has 0 fully saturated rings. The number of hydrogen-bond donors (Lipinski definition) is 0. The van der Waals surface area contributed by atoms with Gasteiger partial charge in [-0.2, -0.15) is 0 Å². The molecule has 0 N–H and O–H groups in total. The third-order valence-electron chi connectivity index (χ3n) is 1.58. The van der Waals surface area contributed by atoms with Crippen LogP contribution in [0.5, 0.6) is 0 Å². The summed E-state index contributed by atoms with van der Waals surface area (Å²) in [4.78, 5) is 21.6. The molecule has 0 rings (SSSR count). The van der Waals surface area contributed by atoms with Gasteiger partial charge in [0.25, 0.3) is 0 Å². The van der Waals surface area contributed by atoms with E-state index >= 15 is 0 Å². The van der Waals surface area contributed by atoms with Crippen LogP contribution in [0, 0.1) is 0 Å². The topological polar surface area (TPSA) is 43.4 Å². The van der Waals surface area contributed by atoms with E-state index in [4.69, 9.17) is 0 Å². The number of carbonyl (C=O) groups excluding carboxylic acids is 2. The Morgan fingerprint density at radius 2 is 1.31 bits per heavy atom. The molecule has 0 atom stereocenters. The zero-order valence-corrected chi connectivity index (χ0v) is 9.22. The standard InChI is InChI=1S/C8H12O3.C2H6/c1-5(7(3)9)6(2)8(10)11-4;1-2/h1-4H3;1-2H3/b6-5-;. The van der Waals surface area contributed by atoms with E-state index in [9.17, 15) is 9.59 Å². The number of methoxy groups -OCH3 is 1. The van der Waals surface area contributed by atoms with Gasteiger partial charge in [0.1, 0.15) is 0 Å². The first-order valence-electron chi connectivity index (χ1n) is 4.27. The largest absolute Gasteiger partial charge is 0.466 e. The van der Waals surface area contributed by atoms with Crippen molar-refractivity contribution in [2.24, 2.45) is 0 Å². The van der Waals surface area contributed by atoms with Crippen LogP contribution in [0.15, 0.2) is 11.1 Å². The van der Waals surface area contributed by atoms with Crippen molar-refractivity contribution < 1.29 is 14.3 Å². The van der Waals surface area contributed by atoms with Crippen molar-refractivity contribution in [3.05, 3.63) is 11.1 Å². The lowest BCUT2D eigenvalue weighted by Crippen LogP contribution is -2.07. The Kier molecular flexibility index (Phi) is 8.34. The van der Waals surface area contributed by atoms with Crippen molar-refractivity contribution in [3.8, 4) is 0 Å². The summed E-state index contributed by atoms with van der Waals surface area (Å²) in [7, 11) is 1.29. The molecule has 0 aromatic rings. The van der Waals surface area contributed by atoms with Gasteiger partial charge in [-0.15, -0.1) is 0 Å². The molecular formula is C10H18O3. The van der Waals surface area contributed by atoms with Crippen LogP contribution in [0.2, 0.25) is 0 Å². The average molecular weight is 186 g/mol. The summed E-state index contributed by atoms with van der Waals surface area (Å²) in [5.41, 5.74) is 0.830. The fraction of sp³-hybridized carbons (Fsp3) is 0.600. The van der Waals surface area contributed by atoms with Gasteiger partial charge >= 0.3 is 5.97 Å². The van der Waals surface area contributed by atoms with Crippen molar-refractivity contribution in [3.63, 3.8) is 0 Å². The van der Waals surface area contributed by atoms with Gasteiger partial charge in [-0.3, -0.25) is 4.79 Å². The smallest absolute Gasteiger partial charge is 0.333 e. The summed E-state index contributed by atoms with van der Waals surface area (Å²) in [6.45, 7) is 8.60. The van der Waals surface area contributed by atoms with E-state index in [-0.39, 0.29) is 5.78 Å². The second-order valence-corrected chi connectivity index (χ2v) is 2.30. The molecule has 0 aromatic carbocycles. The Bertz CT molecular complexity index is 214. The SMILES string of the molecule is CC.COC(=O)/C(C)=C(/C)C(C)=O. The summed E-state index contributed by atoms with van der Waals surface area (Å²) in [6.07, 6.45) is 0. The van der Waals surface area contributed by atoms with Gasteiger partial charge in [0.15, 0.2) is 5.78 Å². The Morgan fingerprint density at radius 1 is 0.923 bits per heavy atom. The van der Waals surface area contributed by atoms with Crippen molar-refractivity contribution in [2.75, 3.05) is 7.11 Å². The maximum absolute atomic E-state index is 10.8. The number of ether oxygens (including phenoxy) is 1. The number of allylic oxidation sites excluding steroid dienone is 1. The molecule has 0 aliphatic rings. The second kappa shape index (κ2) is 7.53. The van der Waals surface area contributed by atoms with Crippen LogP contribution in [-0.2, 0) is 14.3 Å². The monoisotopic (exact) mass is 186 g/mol. The molecule has 0 aliphatic carbocycles. The first-order valence-corrected chi connectivity index (χ1v) is 4.27. The Balaban J connectivity index is 0. The quantitative estimate of drug-likeness (QED) is 0.490. The highest BCUT2D eigenvalue weighted by molar-refractivity contribution is 6.01. The Hall–Kier alpha value is -1.12. The van der Waals surface area contributed by atoms with E-state index in [1.165, 1.54) is 14.0 Å². The highest BCUT2D eigenvalue weighted by atomic mass is 16.5. The van der Waals surface area contributed by atoms with Gasteiger partial charge in [0.05, 0.1) is 7.11 Å². The summed E-state index contributed by atoms with van der Waals surface area (Å²) in [6, 6.07) is 0. The molecule has 0 bridgehead atoms. The normalized spacial score (nSPS) is 10.6. The maximum atomic E-state index is 10.8. The third kappa shape index (κ3) is 5.17. The number of rotatable bonds is 2. The second-order valence-electron chi connectivity index (χ2n) is 2.30. The maximum Gasteiger partial charge on any atom is 0.333 e. The fourth-order valence-electron chi connectivity index (χ4n) is 0.570.